The second-order valence-corrected chi connectivity index (χ2v) is 5.49. The van der Waals surface area contributed by atoms with E-state index < -0.39 is 5.97 Å². The number of rotatable bonds is 2. The van der Waals surface area contributed by atoms with Gasteiger partial charge in [-0.25, -0.2) is 4.79 Å². The van der Waals surface area contributed by atoms with Gasteiger partial charge in [0, 0.05) is 16.0 Å². The third kappa shape index (κ3) is 2.56. The summed E-state index contributed by atoms with van der Waals surface area (Å²) in [7, 11) is 0. The summed E-state index contributed by atoms with van der Waals surface area (Å²) in [4.78, 5) is 27.0. The first-order chi connectivity index (χ1) is 9.31. The molecule has 0 unspecified atom stereocenters. The third-order valence-electron chi connectivity index (χ3n) is 3.07. The van der Waals surface area contributed by atoms with E-state index in [1.54, 1.807) is 32.9 Å². The zero-order chi connectivity index (χ0) is 15.0. The molecule has 0 aliphatic heterocycles. The van der Waals surface area contributed by atoms with Crippen molar-refractivity contribution in [2.75, 3.05) is 0 Å². The summed E-state index contributed by atoms with van der Waals surface area (Å²) < 4.78 is 5.23. The van der Waals surface area contributed by atoms with Gasteiger partial charge in [-0.2, -0.15) is 0 Å². The lowest BCUT2D eigenvalue weighted by molar-refractivity contribution is 0.0379. The van der Waals surface area contributed by atoms with Crippen LogP contribution in [-0.4, -0.2) is 17.1 Å². The number of carbonyl (C=O) groups excluding carboxylic acids is 1. The van der Waals surface area contributed by atoms with Crippen LogP contribution in [0.15, 0.2) is 16.9 Å². The minimum Gasteiger partial charge on any atom is -0.459 e. The lowest BCUT2D eigenvalue weighted by Crippen LogP contribution is -2.20. The summed E-state index contributed by atoms with van der Waals surface area (Å²) in [5.74, 6) is -0.504. The second kappa shape index (κ2) is 5.29. The van der Waals surface area contributed by atoms with E-state index in [0.29, 0.717) is 21.5 Å². The van der Waals surface area contributed by atoms with E-state index in [0.717, 1.165) is 5.56 Å². The highest BCUT2D eigenvalue weighted by atomic mass is 35.5. The zero-order valence-electron chi connectivity index (χ0n) is 11.8. The largest absolute Gasteiger partial charge is 0.459 e. The smallest absolute Gasteiger partial charge is 0.339 e. The number of halogens is 1. The number of benzene rings is 1. The van der Waals surface area contributed by atoms with E-state index >= 15 is 0 Å². The number of H-pyrrole nitrogens is 1. The number of hydrogen-bond acceptors (Lipinski definition) is 3. The molecule has 0 spiro atoms. The SMILES string of the molecule is Cc1c(C(=O)OC(C)C)c2cc(Cl)cc(C)c2[nH]c1=O. The molecule has 0 aliphatic carbocycles. The number of aromatic amines is 1. The van der Waals surface area contributed by atoms with Crippen LogP contribution in [0.5, 0.6) is 0 Å². The van der Waals surface area contributed by atoms with Gasteiger partial charge in [-0.1, -0.05) is 11.6 Å². The van der Waals surface area contributed by atoms with Crippen LogP contribution in [0.3, 0.4) is 0 Å². The highest BCUT2D eigenvalue weighted by molar-refractivity contribution is 6.31. The fourth-order valence-electron chi connectivity index (χ4n) is 2.17. The Kier molecular flexibility index (Phi) is 3.86. The number of nitrogens with one attached hydrogen (secondary N) is 1. The number of fused-ring (bicyclic) bond motifs is 1. The summed E-state index contributed by atoms with van der Waals surface area (Å²) in [5, 5.41) is 1.12. The van der Waals surface area contributed by atoms with Gasteiger partial charge in [0.2, 0.25) is 0 Å². The van der Waals surface area contributed by atoms with E-state index in [1.807, 2.05) is 6.92 Å². The molecule has 5 heteroatoms. The van der Waals surface area contributed by atoms with Crippen molar-refractivity contribution in [3.63, 3.8) is 0 Å². The summed E-state index contributed by atoms with van der Waals surface area (Å²) in [6.45, 7) is 6.96. The average Bonchev–Trinajstić information content (AvgIpc) is 2.31. The minimum atomic E-state index is -0.504. The normalized spacial score (nSPS) is 11.1. The summed E-state index contributed by atoms with van der Waals surface area (Å²) in [6.07, 6.45) is -0.253. The van der Waals surface area contributed by atoms with Crippen LogP contribution in [0.4, 0.5) is 0 Å². The van der Waals surface area contributed by atoms with Crippen molar-refractivity contribution in [2.45, 2.75) is 33.8 Å². The van der Waals surface area contributed by atoms with Gasteiger partial charge in [0.15, 0.2) is 0 Å². The number of ether oxygens (including phenoxy) is 1. The number of hydrogen-bond donors (Lipinski definition) is 1. The maximum absolute atomic E-state index is 12.2. The van der Waals surface area contributed by atoms with Crippen molar-refractivity contribution >= 4 is 28.5 Å². The Bertz CT molecular complexity index is 747. The summed E-state index contributed by atoms with van der Waals surface area (Å²) in [5.41, 5.74) is 1.75. The Morgan fingerprint density at radius 1 is 1.30 bits per heavy atom. The van der Waals surface area contributed by atoms with Gasteiger partial charge >= 0.3 is 5.97 Å². The van der Waals surface area contributed by atoms with E-state index in [2.05, 4.69) is 4.98 Å². The number of aromatic nitrogens is 1. The topological polar surface area (TPSA) is 59.2 Å². The van der Waals surface area contributed by atoms with Gasteiger partial charge in [0.1, 0.15) is 0 Å². The summed E-state index contributed by atoms with van der Waals surface area (Å²) in [6, 6.07) is 3.41. The van der Waals surface area contributed by atoms with Gasteiger partial charge in [-0.3, -0.25) is 4.79 Å². The Labute approximate surface area is 121 Å². The van der Waals surface area contributed by atoms with Gasteiger partial charge in [-0.05, 0) is 45.4 Å². The van der Waals surface area contributed by atoms with Gasteiger partial charge in [-0.15, -0.1) is 0 Å². The third-order valence-corrected chi connectivity index (χ3v) is 3.29. The second-order valence-electron chi connectivity index (χ2n) is 5.05. The Balaban J connectivity index is 2.83. The predicted molar refractivity (Wildman–Crippen MR) is 79.6 cm³/mol. The molecule has 0 atom stereocenters. The number of carbonyl (C=O) groups is 1. The minimum absolute atomic E-state index is 0.253. The van der Waals surface area contributed by atoms with Crippen LogP contribution in [-0.2, 0) is 4.74 Å². The zero-order valence-corrected chi connectivity index (χ0v) is 12.6. The van der Waals surface area contributed by atoms with Crippen molar-refractivity contribution in [2.24, 2.45) is 0 Å². The summed E-state index contributed by atoms with van der Waals surface area (Å²) >= 11 is 6.05. The molecule has 4 nitrogen and oxygen atoms in total. The molecule has 1 N–H and O–H groups in total. The Morgan fingerprint density at radius 3 is 2.55 bits per heavy atom. The molecule has 2 rings (SSSR count). The molecule has 20 heavy (non-hydrogen) atoms. The highest BCUT2D eigenvalue weighted by Crippen LogP contribution is 2.26. The van der Waals surface area contributed by atoms with Crippen LogP contribution in [0.25, 0.3) is 10.9 Å². The quantitative estimate of drug-likeness (QED) is 0.864. The first kappa shape index (κ1) is 14.6. The molecular weight excluding hydrogens is 278 g/mol. The molecule has 1 heterocycles. The molecule has 0 saturated carbocycles. The lowest BCUT2D eigenvalue weighted by Gasteiger charge is -2.13. The maximum Gasteiger partial charge on any atom is 0.339 e. The van der Waals surface area contributed by atoms with E-state index in [1.165, 1.54) is 0 Å². The highest BCUT2D eigenvalue weighted by Gasteiger charge is 2.20. The molecule has 106 valence electrons. The van der Waals surface area contributed by atoms with Crippen LogP contribution in [0.2, 0.25) is 5.02 Å². The Hall–Kier alpha value is -1.81. The van der Waals surface area contributed by atoms with Crippen LogP contribution in [0, 0.1) is 13.8 Å². The molecule has 1 aromatic carbocycles. The predicted octanol–water partition coefficient (Wildman–Crippen LogP) is 3.36. The van der Waals surface area contributed by atoms with Crippen molar-refractivity contribution in [3.05, 3.63) is 44.2 Å². The van der Waals surface area contributed by atoms with Gasteiger partial charge in [0.25, 0.3) is 5.56 Å². The van der Waals surface area contributed by atoms with Crippen molar-refractivity contribution in [3.8, 4) is 0 Å². The molecule has 2 aromatic rings. The molecule has 0 amide bonds. The van der Waals surface area contributed by atoms with Gasteiger partial charge in [0.05, 0.1) is 17.2 Å². The average molecular weight is 294 g/mol. The van der Waals surface area contributed by atoms with Crippen molar-refractivity contribution < 1.29 is 9.53 Å². The standard InChI is InChI=1S/C15H16ClNO3/c1-7(2)20-15(19)12-9(4)14(18)17-13-8(3)5-10(16)6-11(12)13/h5-7H,1-4H3,(H,17,18). The maximum atomic E-state index is 12.2. The first-order valence-corrected chi connectivity index (χ1v) is 6.72. The molecule has 0 fully saturated rings. The fraction of sp³-hybridized carbons (Fsp3) is 0.333. The van der Waals surface area contributed by atoms with E-state index in [4.69, 9.17) is 16.3 Å². The Morgan fingerprint density at radius 2 is 1.95 bits per heavy atom. The van der Waals surface area contributed by atoms with Gasteiger partial charge < -0.3 is 9.72 Å². The molecule has 0 aliphatic rings. The molecular formula is C15H16ClNO3. The molecule has 1 aromatic heterocycles. The van der Waals surface area contributed by atoms with E-state index in [9.17, 15) is 9.59 Å². The molecule has 0 bridgehead atoms. The first-order valence-electron chi connectivity index (χ1n) is 6.35. The monoisotopic (exact) mass is 293 g/mol. The lowest BCUT2D eigenvalue weighted by atomic mass is 10.0. The van der Waals surface area contributed by atoms with Crippen LogP contribution < -0.4 is 5.56 Å². The van der Waals surface area contributed by atoms with E-state index in [-0.39, 0.29) is 17.2 Å². The number of pyridine rings is 1. The molecule has 0 saturated heterocycles. The fourth-order valence-corrected chi connectivity index (χ4v) is 2.44. The van der Waals surface area contributed by atoms with Crippen molar-refractivity contribution in [1.29, 1.82) is 0 Å². The number of esters is 1. The van der Waals surface area contributed by atoms with Crippen LogP contribution >= 0.6 is 11.6 Å². The van der Waals surface area contributed by atoms with Crippen molar-refractivity contribution in [1.82, 2.24) is 4.98 Å². The number of aryl methyl sites for hydroxylation is 1. The molecule has 0 radical (unpaired) electrons. The van der Waals surface area contributed by atoms with Crippen LogP contribution in [0.1, 0.15) is 35.3 Å².